The minimum atomic E-state index is -0.542. The molecule has 31 heavy (non-hydrogen) atoms. The molecule has 1 aromatic carbocycles. The molecule has 0 bridgehead atoms. The van der Waals surface area contributed by atoms with Crippen molar-refractivity contribution in [1.82, 2.24) is 9.88 Å². The number of fused-ring (bicyclic) bond motifs is 2. The Morgan fingerprint density at radius 3 is 2.71 bits per heavy atom. The highest BCUT2D eigenvalue weighted by Crippen LogP contribution is 2.37. The summed E-state index contributed by atoms with van der Waals surface area (Å²) in [7, 11) is 0. The maximum atomic E-state index is 12.8. The van der Waals surface area contributed by atoms with Gasteiger partial charge in [-0.3, -0.25) is 14.5 Å². The second-order valence-electron chi connectivity index (χ2n) is 7.01. The molecule has 2 amide bonds. The van der Waals surface area contributed by atoms with Gasteiger partial charge in [-0.05, 0) is 43.0 Å². The van der Waals surface area contributed by atoms with Crippen LogP contribution in [0.1, 0.15) is 18.7 Å². The minimum Gasteiger partial charge on any atom is -0.434 e. The van der Waals surface area contributed by atoms with Crippen LogP contribution in [0.3, 0.4) is 0 Å². The van der Waals surface area contributed by atoms with Crippen molar-refractivity contribution in [2.24, 2.45) is 0 Å². The van der Waals surface area contributed by atoms with Crippen LogP contribution >= 0.6 is 22.7 Å². The molecule has 3 aromatic heterocycles. The first kappa shape index (κ1) is 19.4. The average Bonchev–Trinajstić information content (AvgIpc) is 3.44. The smallest absolute Gasteiger partial charge is 0.271 e. The van der Waals surface area contributed by atoms with Gasteiger partial charge in [0.05, 0.1) is 4.88 Å². The van der Waals surface area contributed by atoms with Crippen LogP contribution in [-0.2, 0) is 9.59 Å². The molecule has 0 saturated heterocycles. The summed E-state index contributed by atoms with van der Waals surface area (Å²) < 4.78 is 7.15. The van der Waals surface area contributed by atoms with Crippen LogP contribution in [0.15, 0.2) is 57.5 Å². The van der Waals surface area contributed by atoms with Crippen LogP contribution in [0.25, 0.3) is 37.3 Å². The van der Waals surface area contributed by atoms with E-state index in [2.05, 4.69) is 23.2 Å². The number of carbonyl (C=O) groups is 2. The molecule has 8 heteroatoms. The molecule has 0 unspecified atom stereocenters. The highest BCUT2D eigenvalue weighted by atomic mass is 32.1. The molecule has 4 heterocycles. The molecule has 1 aliphatic rings. The SMILES string of the molecule is CCN1C(=O)C(C#N)=C(C)/C(=C/c2cc3oc(-c4cc5ccccc5s4)nc3s2)C1=O. The molecule has 0 fully saturated rings. The Hall–Kier alpha value is -3.54. The maximum absolute atomic E-state index is 12.8. The predicted molar refractivity (Wildman–Crippen MR) is 121 cm³/mol. The van der Waals surface area contributed by atoms with E-state index in [1.165, 1.54) is 16.0 Å². The van der Waals surface area contributed by atoms with Crippen LogP contribution in [0.2, 0.25) is 0 Å². The fourth-order valence-corrected chi connectivity index (χ4v) is 5.46. The first-order valence-electron chi connectivity index (χ1n) is 9.58. The van der Waals surface area contributed by atoms with Gasteiger partial charge in [-0.15, -0.1) is 22.7 Å². The van der Waals surface area contributed by atoms with E-state index in [0.29, 0.717) is 22.6 Å². The number of carbonyl (C=O) groups excluding carboxylic acids is 2. The van der Waals surface area contributed by atoms with Crippen molar-refractivity contribution in [3.8, 4) is 16.8 Å². The summed E-state index contributed by atoms with van der Waals surface area (Å²) >= 11 is 3.02. The molecular formula is C23H15N3O3S2. The van der Waals surface area contributed by atoms with E-state index < -0.39 is 11.8 Å². The number of hydrogen-bond acceptors (Lipinski definition) is 7. The number of imide groups is 1. The molecule has 0 aliphatic carbocycles. The van der Waals surface area contributed by atoms with Crippen molar-refractivity contribution in [1.29, 1.82) is 5.26 Å². The zero-order chi connectivity index (χ0) is 21.7. The van der Waals surface area contributed by atoms with Crippen molar-refractivity contribution < 1.29 is 14.0 Å². The Labute approximate surface area is 185 Å². The third kappa shape index (κ3) is 3.10. The number of oxazole rings is 1. The first-order valence-corrected chi connectivity index (χ1v) is 11.2. The second kappa shape index (κ2) is 7.30. The van der Waals surface area contributed by atoms with Gasteiger partial charge in [0.2, 0.25) is 5.89 Å². The van der Waals surface area contributed by atoms with Gasteiger partial charge in [0.1, 0.15) is 11.6 Å². The Balaban J connectivity index is 1.54. The number of rotatable bonds is 3. The number of likely N-dealkylation sites (N-methyl/N-ethyl adjacent to an activating group) is 1. The van der Waals surface area contributed by atoms with E-state index in [9.17, 15) is 14.9 Å². The van der Waals surface area contributed by atoms with Crippen molar-refractivity contribution in [2.45, 2.75) is 13.8 Å². The van der Waals surface area contributed by atoms with Gasteiger partial charge in [0.15, 0.2) is 10.4 Å². The molecule has 4 aromatic rings. The summed E-state index contributed by atoms with van der Waals surface area (Å²) in [6.07, 6.45) is 1.70. The molecule has 0 radical (unpaired) electrons. The summed E-state index contributed by atoms with van der Waals surface area (Å²) in [5.41, 5.74) is 1.37. The third-order valence-corrected chi connectivity index (χ3v) is 7.23. The van der Waals surface area contributed by atoms with Gasteiger partial charge >= 0.3 is 0 Å². The Bertz CT molecular complexity index is 1430. The molecule has 5 rings (SSSR count). The average molecular weight is 446 g/mol. The largest absolute Gasteiger partial charge is 0.434 e. The highest BCUT2D eigenvalue weighted by Gasteiger charge is 2.34. The number of nitrogens with zero attached hydrogens (tertiary/aromatic N) is 3. The van der Waals surface area contributed by atoms with Crippen LogP contribution in [0, 0.1) is 11.3 Å². The lowest BCUT2D eigenvalue weighted by molar-refractivity contribution is -0.140. The summed E-state index contributed by atoms with van der Waals surface area (Å²) in [5, 5.41) is 10.5. The lowest BCUT2D eigenvalue weighted by atomic mass is 9.95. The van der Waals surface area contributed by atoms with Crippen molar-refractivity contribution in [3.63, 3.8) is 0 Å². The van der Waals surface area contributed by atoms with Gasteiger partial charge in [0, 0.05) is 27.8 Å². The Morgan fingerprint density at radius 2 is 2.00 bits per heavy atom. The summed E-state index contributed by atoms with van der Waals surface area (Å²) in [5.74, 6) is -0.367. The molecule has 152 valence electrons. The molecular weight excluding hydrogens is 430 g/mol. The van der Waals surface area contributed by atoms with Crippen molar-refractivity contribution in [2.75, 3.05) is 6.54 Å². The molecule has 0 atom stereocenters. The number of thiophene rings is 2. The zero-order valence-corrected chi connectivity index (χ0v) is 18.3. The number of amides is 2. The lowest BCUT2D eigenvalue weighted by Gasteiger charge is -2.26. The van der Waals surface area contributed by atoms with Gasteiger partial charge in [-0.1, -0.05) is 18.2 Å². The van der Waals surface area contributed by atoms with Gasteiger partial charge in [-0.2, -0.15) is 10.2 Å². The van der Waals surface area contributed by atoms with E-state index in [1.54, 1.807) is 31.3 Å². The standard InChI is InChI=1S/C23H15N3O3S2/c1-3-26-22(27)15(12(2)16(11-24)23(26)28)9-14-10-17-21(30-14)25-20(29-17)19-8-13-6-4-5-7-18(13)31-19/h4-10H,3H2,1-2H3/b15-9-. The zero-order valence-electron chi connectivity index (χ0n) is 16.6. The fourth-order valence-electron chi connectivity index (χ4n) is 3.58. The Kier molecular flexibility index (Phi) is 4.58. The molecule has 6 nitrogen and oxygen atoms in total. The van der Waals surface area contributed by atoms with Crippen LogP contribution in [0.5, 0.6) is 0 Å². The van der Waals surface area contributed by atoms with E-state index in [-0.39, 0.29) is 12.1 Å². The highest BCUT2D eigenvalue weighted by molar-refractivity contribution is 7.22. The molecule has 0 N–H and O–H groups in total. The lowest BCUT2D eigenvalue weighted by Crippen LogP contribution is -2.42. The second-order valence-corrected chi connectivity index (χ2v) is 9.16. The number of aromatic nitrogens is 1. The Morgan fingerprint density at radius 1 is 1.19 bits per heavy atom. The monoisotopic (exact) mass is 445 g/mol. The number of benzene rings is 1. The molecule has 0 saturated carbocycles. The number of nitriles is 1. The molecule has 1 aliphatic heterocycles. The van der Waals surface area contributed by atoms with Crippen LogP contribution < -0.4 is 0 Å². The van der Waals surface area contributed by atoms with Crippen molar-refractivity contribution in [3.05, 3.63) is 58.0 Å². The third-order valence-electron chi connectivity index (χ3n) is 5.17. The minimum absolute atomic E-state index is 0.00174. The van der Waals surface area contributed by atoms with E-state index in [4.69, 9.17) is 4.42 Å². The molecule has 0 spiro atoms. The summed E-state index contributed by atoms with van der Waals surface area (Å²) in [4.78, 5) is 33.3. The maximum Gasteiger partial charge on any atom is 0.271 e. The van der Waals surface area contributed by atoms with E-state index >= 15 is 0 Å². The summed E-state index contributed by atoms with van der Waals surface area (Å²) in [6.45, 7) is 3.55. The van der Waals surface area contributed by atoms with E-state index in [1.807, 2.05) is 24.3 Å². The van der Waals surface area contributed by atoms with Gasteiger partial charge < -0.3 is 4.42 Å². The van der Waals surface area contributed by atoms with Gasteiger partial charge in [0.25, 0.3) is 11.8 Å². The van der Waals surface area contributed by atoms with Gasteiger partial charge in [-0.25, -0.2) is 0 Å². The van der Waals surface area contributed by atoms with E-state index in [0.717, 1.165) is 24.9 Å². The normalized spacial score (nSPS) is 16.2. The summed E-state index contributed by atoms with van der Waals surface area (Å²) in [6, 6.07) is 14.0. The van der Waals surface area contributed by atoms with Crippen LogP contribution in [-0.4, -0.2) is 28.2 Å². The predicted octanol–water partition coefficient (Wildman–Crippen LogP) is 5.38. The number of hydrogen-bond donors (Lipinski definition) is 0. The van der Waals surface area contributed by atoms with Crippen LogP contribution in [0.4, 0.5) is 0 Å². The van der Waals surface area contributed by atoms with Crippen molar-refractivity contribution >= 4 is 61.1 Å². The quantitative estimate of drug-likeness (QED) is 0.312. The fraction of sp³-hybridized carbons (Fsp3) is 0.130. The first-order chi connectivity index (χ1) is 15.0. The topological polar surface area (TPSA) is 87.2 Å².